The van der Waals surface area contributed by atoms with Crippen molar-refractivity contribution in [1.29, 1.82) is 0 Å². The van der Waals surface area contributed by atoms with Crippen LogP contribution in [0.1, 0.15) is 188 Å². The van der Waals surface area contributed by atoms with Gasteiger partial charge in [-0.15, -0.1) is 0 Å². The van der Waals surface area contributed by atoms with Crippen LogP contribution in [0.5, 0.6) is 0 Å². The van der Waals surface area contributed by atoms with E-state index in [4.69, 9.17) is 0 Å². The molecule has 1 aliphatic rings. The van der Waals surface area contributed by atoms with E-state index in [9.17, 15) is 0 Å². The molecule has 2 nitrogen and oxygen atoms in total. The minimum Gasteiger partial charge on any atom is -0.356 e. The Morgan fingerprint density at radius 1 is 0.389 bits per heavy atom. The smallest absolute Gasteiger partial charge is 0.101 e. The summed E-state index contributed by atoms with van der Waals surface area (Å²) in [5, 5.41) is 0. The van der Waals surface area contributed by atoms with E-state index in [0.717, 1.165) is 6.54 Å². The molecule has 0 bridgehead atoms. The summed E-state index contributed by atoms with van der Waals surface area (Å²) in [6.45, 7) is 9.33. The molecule has 0 aromatic carbocycles. The monoisotopic (exact) mass is 505 g/mol. The molecule has 1 aliphatic heterocycles. The molecule has 0 N–H and O–H groups in total. The van der Waals surface area contributed by atoms with Crippen LogP contribution in [-0.4, -0.2) is 29.1 Å². The van der Waals surface area contributed by atoms with E-state index in [-0.39, 0.29) is 0 Å². The molecule has 1 heterocycles. The van der Waals surface area contributed by atoms with Crippen molar-refractivity contribution < 1.29 is 0 Å². The fourth-order valence-corrected chi connectivity index (χ4v) is 5.91. The molecule has 1 atom stereocenters. The molecule has 0 amide bonds. The van der Waals surface area contributed by atoms with Gasteiger partial charge in [0.05, 0.1) is 0 Å². The van der Waals surface area contributed by atoms with Crippen molar-refractivity contribution in [2.45, 2.75) is 194 Å². The first-order chi connectivity index (χ1) is 17.8. The molecule has 0 aromatic heterocycles. The lowest BCUT2D eigenvalue weighted by Crippen LogP contribution is -2.38. The predicted octanol–water partition coefficient (Wildman–Crippen LogP) is 11.6. The second-order valence-corrected chi connectivity index (χ2v) is 11.8. The van der Waals surface area contributed by atoms with Crippen LogP contribution in [0.3, 0.4) is 0 Å². The van der Waals surface area contributed by atoms with Gasteiger partial charge in [-0.05, 0) is 26.2 Å². The van der Waals surface area contributed by atoms with Crippen molar-refractivity contribution in [3.8, 4) is 0 Å². The van der Waals surface area contributed by atoms with Crippen molar-refractivity contribution >= 4 is 0 Å². The Balaban J connectivity index is 1.92. The van der Waals surface area contributed by atoms with E-state index in [1.54, 1.807) is 0 Å². The van der Waals surface area contributed by atoms with Crippen LogP contribution < -0.4 is 0 Å². The molecular formula is C34H68N2. The maximum Gasteiger partial charge on any atom is 0.101 e. The molecule has 0 aromatic rings. The highest BCUT2D eigenvalue weighted by Crippen LogP contribution is 2.23. The van der Waals surface area contributed by atoms with Gasteiger partial charge in [-0.1, -0.05) is 162 Å². The first kappa shape index (κ1) is 33.4. The fourth-order valence-electron chi connectivity index (χ4n) is 5.91. The molecule has 0 aliphatic carbocycles. The predicted molar refractivity (Wildman–Crippen MR) is 163 cm³/mol. The van der Waals surface area contributed by atoms with Gasteiger partial charge in [0.25, 0.3) is 0 Å². The summed E-state index contributed by atoms with van der Waals surface area (Å²) in [6, 6.07) is 0. The average Bonchev–Trinajstić information content (AvgIpc) is 3.29. The molecule has 1 unspecified atom stereocenters. The summed E-state index contributed by atoms with van der Waals surface area (Å²) in [4.78, 5) is 5.21. The Kier molecular flexibility index (Phi) is 24.1. The largest absolute Gasteiger partial charge is 0.356 e. The van der Waals surface area contributed by atoms with Crippen molar-refractivity contribution in [3.63, 3.8) is 0 Å². The van der Waals surface area contributed by atoms with Crippen LogP contribution >= 0.6 is 0 Å². The summed E-state index contributed by atoms with van der Waals surface area (Å²) in [5.41, 5.74) is 0. The molecule has 1 rings (SSSR count). The number of rotatable bonds is 28. The Morgan fingerprint density at radius 3 is 1.11 bits per heavy atom. The zero-order chi connectivity index (χ0) is 25.9. The SMILES string of the molecule is CCCCCCCCCCCCCCCCCCCN1C=CN(CC)C1CCCCCCCCCC. The lowest BCUT2D eigenvalue weighted by Gasteiger charge is -2.32. The second kappa shape index (κ2) is 26.0. The molecular weight excluding hydrogens is 436 g/mol. The van der Waals surface area contributed by atoms with Crippen LogP contribution in [-0.2, 0) is 0 Å². The zero-order valence-corrected chi connectivity index (χ0v) is 25.4. The second-order valence-electron chi connectivity index (χ2n) is 11.8. The van der Waals surface area contributed by atoms with E-state index >= 15 is 0 Å². The molecule has 0 fully saturated rings. The molecule has 0 saturated carbocycles. The number of unbranched alkanes of at least 4 members (excludes halogenated alkanes) is 23. The highest BCUT2D eigenvalue weighted by Gasteiger charge is 2.23. The van der Waals surface area contributed by atoms with Crippen LogP contribution in [0.25, 0.3) is 0 Å². The Bertz CT molecular complexity index is 460. The van der Waals surface area contributed by atoms with Crippen molar-refractivity contribution in [2.24, 2.45) is 0 Å². The minimum absolute atomic E-state index is 0.635. The van der Waals surface area contributed by atoms with Gasteiger partial charge in [0.2, 0.25) is 0 Å². The van der Waals surface area contributed by atoms with Crippen LogP contribution in [0.2, 0.25) is 0 Å². The Morgan fingerprint density at radius 2 is 0.722 bits per heavy atom. The summed E-state index contributed by atoms with van der Waals surface area (Å²) in [7, 11) is 0. The third-order valence-electron chi connectivity index (χ3n) is 8.42. The van der Waals surface area contributed by atoms with E-state index in [1.165, 1.54) is 173 Å². The van der Waals surface area contributed by atoms with Gasteiger partial charge in [-0.3, -0.25) is 0 Å². The van der Waals surface area contributed by atoms with Gasteiger partial charge in [-0.25, -0.2) is 0 Å². The van der Waals surface area contributed by atoms with Crippen LogP contribution in [0, 0.1) is 0 Å². The van der Waals surface area contributed by atoms with E-state index in [2.05, 4.69) is 43.0 Å². The highest BCUT2D eigenvalue weighted by atomic mass is 15.4. The lowest BCUT2D eigenvalue weighted by atomic mass is 10.0. The molecule has 0 saturated heterocycles. The third kappa shape index (κ3) is 18.6. The average molecular weight is 505 g/mol. The first-order valence-corrected chi connectivity index (χ1v) is 17.0. The van der Waals surface area contributed by atoms with Gasteiger partial charge in [0.15, 0.2) is 0 Å². The number of nitrogens with zero attached hydrogens (tertiary/aromatic N) is 2. The van der Waals surface area contributed by atoms with E-state index in [1.807, 2.05) is 0 Å². The number of hydrogen-bond donors (Lipinski definition) is 0. The number of hydrogen-bond acceptors (Lipinski definition) is 2. The van der Waals surface area contributed by atoms with Crippen LogP contribution in [0.15, 0.2) is 12.4 Å². The normalized spacial score (nSPS) is 15.5. The van der Waals surface area contributed by atoms with Gasteiger partial charge in [0, 0.05) is 25.5 Å². The maximum atomic E-state index is 2.65. The molecule has 0 spiro atoms. The van der Waals surface area contributed by atoms with Crippen molar-refractivity contribution in [3.05, 3.63) is 12.4 Å². The van der Waals surface area contributed by atoms with Crippen LogP contribution in [0.4, 0.5) is 0 Å². The highest BCUT2D eigenvalue weighted by molar-refractivity contribution is 4.96. The summed E-state index contributed by atoms with van der Waals surface area (Å²) >= 11 is 0. The van der Waals surface area contributed by atoms with Gasteiger partial charge in [0.1, 0.15) is 6.17 Å². The summed E-state index contributed by atoms with van der Waals surface area (Å²) in [5.74, 6) is 0. The van der Waals surface area contributed by atoms with Gasteiger partial charge < -0.3 is 9.80 Å². The topological polar surface area (TPSA) is 6.48 Å². The Labute approximate surface area is 229 Å². The first-order valence-electron chi connectivity index (χ1n) is 17.0. The molecule has 214 valence electrons. The van der Waals surface area contributed by atoms with Gasteiger partial charge in [-0.2, -0.15) is 0 Å². The molecule has 0 radical (unpaired) electrons. The molecule has 2 heteroatoms. The zero-order valence-electron chi connectivity index (χ0n) is 25.4. The standard InChI is InChI=1S/C34H68N2/c1-4-7-9-11-13-15-16-17-18-19-20-21-22-23-25-27-29-31-36-33-32-35(6-3)34(36)30-28-26-24-14-12-10-8-5-2/h32-34H,4-31H2,1-3H3. The fraction of sp³-hybridized carbons (Fsp3) is 0.941. The van der Waals surface area contributed by atoms with E-state index in [0.29, 0.717) is 6.17 Å². The third-order valence-corrected chi connectivity index (χ3v) is 8.42. The minimum atomic E-state index is 0.635. The Hall–Kier alpha value is -0.660. The van der Waals surface area contributed by atoms with Gasteiger partial charge >= 0.3 is 0 Å². The quantitative estimate of drug-likeness (QED) is 0.0977. The van der Waals surface area contributed by atoms with Crippen molar-refractivity contribution in [1.82, 2.24) is 9.80 Å². The lowest BCUT2D eigenvalue weighted by molar-refractivity contribution is 0.142. The maximum absolute atomic E-state index is 2.65. The molecule has 36 heavy (non-hydrogen) atoms. The van der Waals surface area contributed by atoms with Crippen molar-refractivity contribution in [2.75, 3.05) is 13.1 Å². The summed E-state index contributed by atoms with van der Waals surface area (Å²) < 4.78 is 0. The summed E-state index contributed by atoms with van der Waals surface area (Å²) in [6.07, 6.45) is 42.8. The van der Waals surface area contributed by atoms with E-state index < -0.39 is 0 Å².